The molecule has 6 heteroatoms. The normalized spacial score (nSPS) is 10.9. The largest absolute Gasteiger partial charge is 0.383 e. The molecule has 1 heterocycles. The maximum atomic E-state index is 11.9. The number of carbonyl (C=O) groups is 1. The van der Waals surface area contributed by atoms with Gasteiger partial charge in [0.1, 0.15) is 12.4 Å². The van der Waals surface area contributed by atoms with Crippen LogP contribution >= 0.6 is 0 Å². The van der Waals surface area contributed by atoms with E-state index in [4.69, 9.17) is 10.5 Å². The van der Waals surface area contributed by atoms with E-state index >= 15 is 0 Å². The topological polar surface area (TPSA) is 82.2 Å². The van der Waals surface area contributed by atoms with Crippen molar-refractivity contribution in [3.8, 4) is 0 Å². The first kappa shape index (κ1) is 14.5. The third-order valence-corrected chi connectivity index (χ3v) is 3.03. The molecule has 1 amide bonds. The molecule has 0 atom stereocenters. The summed E-state index contributed by atoms with van der Waals surface area (Å²) in [4.78, 5) is 16.5. The van der Waals surface area contributed by atoms with Gasteiger partial charge in [-0.15, -0.1) is 0 Å². The van der Waals surface area contributed by atoms with E-state index in [1.165, 1.54) is 0 Å². The molecule has 2 rings (SSSR count). The molecular formula is C14H20N4O2. The fraction of sp³-hybridized carbons (Fsp3) is 0.429. The molecule has 0 aliphatic rings. The summed E-state index contributed by atoms with van der Waals surface area (Å²) >= 11 is 0. The molecule has 0 aliphatic carbocycles. The molecule has 0 fully saturated rings. The van der Waals surface area contributed by atoms with Gasteiger partial charge >= 0.3 is 0 Å². The molecular weight excluding hydrogens is 256 g/mol. The van der Waals surface area contributed by atoms with Crippen LogP contribution in [0.15, 0.2) is 24.3 Å². The summed E-state index contributed by atoms with van der Waals surface area (Å²) in [5.41, 5.74) is 7.46. The number of rotatable bonds is 7. The fourth-order valence-corrected chi connectivity index (χ4v) is 2.11. The van der Waals surface area contributed by atoms with Crippen LogP contribution in [-0.4, -0.2) is 42.3 Å². The second-order valence-electron chi connectivity index (χ2n) is 4.48. The summed E-state index contributed by atoms with van der Waals surface area (Å²) in [5.74, 6) is 0.791. The quantitative estimate of drug-likeness (QED) is 0.713. The van der Waals surface area contributed by atoms with Crippen molar-refractivity contribution in [1.29, 1.82) is 0 Å². The van der Waals surface area contributed by atoms with Crippen molar-refractivity contribution in [3.63, 3.8) is 0 Å². The molecule has 0 saturated carbocycles. The van der Waals surface area contributed by atoms with E-state index in [-0.39, 0.29) is 12.5 Å². The van der Waals surface area contributed by atoms with E-state index in [1.807, 2.05) is 28.8 Å². The second kappa shape index (κ2) is 7.02. The van der Waals surface area contributed by atoms with E-state index in [1.54, 1.807) is 7.11 Å². The Balaban J connectivity index is 2.18. The average Bonchev–Trinajstić information content (AvgIpc) is 2.78. The standard InChI is InChI=1S/C14H20N4O2/c1-20-9-8-16-14(19)10-18-12-5-3-2-4-11(12)17-13(18)6-7-15/h2-5H,6-10,15H2,1H3,(H,16,19). The van der Waals surface area contributed by atoms with Gasteiger partial charge in [0.2, 0.25) is 5.91 Å². The molecule has 0 radical (unpaired) electrons. The Morgan fingerprint density at radius 3 is 3.00 bits per heavy atom. The second-order valence-corrected chi connectivity index (χ2v) is 4.48. The lowest BCUT2D eigenvalue weighted by atomic mass is 10.3. The molecule has 0 bridgehead atoms. The van der Waals surface area contributed by atoms with E-state index in [0.717, 1.165) is 16.9 Å². The minimum absolute atomic E-state index is 0.0523. The Labute approximate surface area is 117 Å². The van der Waals surface area contributed by atoms with E-state index in [0.29, 0.717) is 26.1 Å². The number of benzene rings is 1. The highest BCUT2D eigenvalue weighted by molar-refractivity contribution is 5.81. The van der Waals surface area contributed by atoms with Gasteiger partial charge in [-0.3, -0.25) is 4.79 Å². The van der Waals surface area contributed by atoms with Crippen LogP contribution in [0.2, 0.25) is 0 Å². The number of fused-ring (bicyclic) bond motifs is 1. The zero-order chi connectivity index (χ0) is 14.4. The van der Waals surface area contributed by atoms with Gasteiger partial charge in [-0.1, -0.05) is 12.1 Å². The highest BCUT2D eigenvalue weighted by Gasteiger charge is 2.12. The maximum absolute atomic E-state index is 11.9. The van der Waals surface area contributed by atoms with Crippen molar-refractivity contribution < 1.29 is 9.53 Å². The first-order valence-electron chi connectivity index (χ1n) is 6.66. The van der Waals surface area contributed by atoms with Crippen LogP contribution in [0, 0.1) is 0 Å². The predicted octanol–water partition coefficient (Wildman–Crippen LogP) is 0.300. The number of hydrogen-bond acceptors (Lipinski definition) is 4. The third kappa shape index (κ3) is 3.34. The highest BCUT2D eigenvalue weighted by Crippen LogP contribution is 2.16. The molecule has 3 N–H and O–H groups in total. The minimum Gasteiger partial charge on any atom is -0.383 e. The van der Waals surface area contributed by atoms with Gasteiger partial charge in [-0.2, -0.15) is 0 Å². The zero-order valence-electron chi connectivity index (χ0n) is 11.6. The lowest BCUT2D eigenvalue weighted by molar-refractivity contribution is -0.121. The van der Waals surface area contributed by atoms with Crippen LogP contribution in [0.3, 0.4) is 0 Å². The number of para-hydroxylation sites is 2. The van der Waals surface area contributed by atoms with Gasteiger partial charge in [0.15, 0.2) is 0 Å². The number of nitrogens with zero attached hydrogens (tertiary/aromatic N) is 2. The first-order valence-corrected chi connectivity index (χ1v) is 6.66. The first-order chi connectivity index (χ1) is 9.76. The smallest absolute Gasteiger partial charge is 0.240 e. The van der Waals surface area contributed by atoms with Gasteiger partial charge in [-0.25, -0.2) is 4.98 Å². The number of hydrogen-bond donors (Lipinski definition) is 2. The van der Waals surface area contributed by atoms with Crippen LogP contribution in [0.25, 0.3) is 11.0 Å². The monoisotopic (exact) mass is 276 g/mol. The van der Waals surface area contributed by atoms with Gasteiger partial charge in [0.25, 0.3) is 0 Å². The Hall–Kier alpha value is -1.92. The summed E-state index contributed by atoms with van der Waals surface area (Å²) in [6, 6.07) is 7.78. The van der Waals surface area contributed by atoms with Gasteiger partial charge in [-0.05, 0) is 18.7 Å². The average molecular weight is 276 g/mol. The molecule has 0 aliphatic heterocycles. The Morgan fingerprint density at radius 2 is 2.25 bits per heavy atom. The summed E-state index contributed by atoms with van der Waals surface area (Å²) in [6.07, 6.45) is 0.653. The number of ether oxygens (including phenoxy) is 1. The van der Waals surface area contributed by atoms with E-state index in [9.17, 15) is 4.79 Å². The predicted molar refractivity (Wildman–Crippen MR) is 77.4 cm³/mol. The van der Waals surface area contributed by atoms with Crippen LogP contribution < -0.4 is 11.1 Å². The lowest BCUT2D eigenvalue weighted by Crippen LogP contribution is -2.31. The SMILES string of the molecule is COCCNC(=O)Cn1c(CCN)nc2ccccc21. The van der Waals surface area contributed by atoms with Crippen molar-refractivity contribution in [1.82, 2.24) is 14.9 Å². The summed E-state index contributed by atoms with van der Waals surface area (Å²) in [6.45, 7) is 1.77. The molecule has 108 valence electrons. The number of nitrogens with one attached hydrogen (secondary N) is 1. The molecule has 6 nitrogen and oxygen atoms in total. The molecule has 20 heavy (non-hydrogen) atoms. The van der Waals surface area contributed by atoms with Gasteiger partial charge in [0.05, 0.1) is 17.6 Å². The molecule has 0 spiro atoms. The molecule has 1 aromatic carbocycles. The number of carbonyl (C=O) groups excluding carboxylic acids is 1. The Bertz CT molecular complexity index is 580. The van der Waals surface area contributed by atoms with Crippen LogP contribution in [0.1, 0.15) is 5.82 Å². The van der Waals surface area contributed by atoms with Crippen molar-refractivity contribution in [2.24, 2.45) is 5.73 Å². The molecule has 0 saturated heterocycles. The van der Waals surface area contributed by atoms with Crippen LogP contribution in [0.5, 0.6) is 0 Å². The number of imidazole rings is 1. The highest BCUT2D eigenvalue weighted by atomic mass is 16.5. The Kier molecular flexibility index (Phi) is 5.09. The summed E-state index contributed by atoms with van der Waals surface area (Å²) in [5, 5.41) is 2.81. The number of amides is 1. The number of methoxy groups -OCH3 is 1. The van der Waals surface area contributed by atoms with Crippen LogP contribution in [0.4, 0.5) is 0 Å². The maximum Gasteiger partial charge on any atom is 0.240 e. The zero-order valence-corrected chi connectivity index (χ0v) is 11.6. The van der Waals surface area contributed by atoms with E-state index < -0.39 is 0 Å². The van der Waals surface area contributed by atoms with Crippen molar-refractivity contribution in [2.75, 3.05) is 26.8 Å². The van der Waals surface area contributed by atoms with Crippen molar-refractivity contribution in [3.05, 3.63) is 30.1 Å². The van der Waals surface area contributed by atoms with E-state index in [2.05, 4.69) is 10.3 Å². The van der Waals surface area contributed by atoms with Crippen molar-refractivity contribution in [2.45, 2.75) is 13.0 Å². The summed E-state index contributed by atoms with van der Waals surface area (Å²) < 4.78 is 6.83. The molecule has 0 unspecified atom stereocenters. The number of aromatic nitrogens is 2. The minimum atomic E-state index is -0.0523. The van der Waals surface area contributed by atoms with Crippen molar-refractivity contribution >= 4 is 16.9 Å². The summed E-state index contributed by atoms with van der Waals surface area (Å²) in [7, 11) is 1.61. The molecule has 2 aromatic rings. The number of nitrogens with two attached hydrogens (primary N) is 1. The lowest BCUT2D eigenvalue weighted by Gasteiger charge is -2.09. The fourth-order valence-electron chi connectivity index (χ4n) is 2.11. The van der Waals surface area contributed by atoms with Gasteiger partial charge in [0, 0.05) is 20.1 Å². The Morgan fingerprint density at radius 1 is 1.45 bits per heavy atom. The molecule has 1 aromatic heterocycles. The van der Waals surface area contributed by atoms with Crippen LogP contribution in [-0.2, 0) is 22.5 Å². The third-order valence-electron chi connectivity index (χ3n) is 3.03. The van der Waals surface area contributed by atoms with Gasteiger partial charge < -0.3 is 20.4 Å².